The summed E-state index contributed by atoms with van der Waals surface area (Å²) in [6.07, 6.45) is 0. The maximum absolute atomic E-state index is 11.6. The van der Waals surface area contributed by atoms with Gasteiger partial charge >= 0.3 is 5.97 Å². The average Bonchev–Trinajstić information content (AvgIpc) is 2.67. The minimum absolute atomic E-state index is 0.260. The van der Waals surface area contributed by atoms with Crippen LogP contribution >= 0.6 is 0 Å². The summed E-state index contributed by atoms with van der Waals surface area (Å²) in [5, 5.41) is 10.4. The summed E-state index contributed by atoms with van der Waals surface area (Å²) in [5.74, 6) is -0.937. The van der Waals surface area contributed by atoms with Crippen molar-refractivity contribution >= 4 is 28.2 Å². The molecule has 1 saturated heterocycles. The quantitative estimate of drug-likeness (QED) is 0.785. The largest absolute Gasteiger partial charge is 0.478 e. The number of piperazine rings is 1. The molecule has 0 amide bonds. The highest BCUT2D eigenvalue weighted by Crippen LogP contribution is 2.30. The lowest BCUT2D eigenvalue weighted by atomic mass is 10.1. The smallest absolute Gasteiger partial charge is 0.337 e. The minimum Gasteiger partial charge on any atom is -0.478 e. The van der Waals surface area contributed by atoms with Crippen LogP contribution in [0, 0.1) is 6.92 Å². The maximum atomic E-state index is 11.6. The molecule has 1 aromatic heterocycles. The fourth-order valence-corrected chi connectivity index (χ4v) is 3.63. The second-order valence-electron chi connectivity index (χ2n) is 6.60. The van der Waals surface area contributed by atoms with Gasteiger partial charge in [0.25, 0.3) is 0 Å². The van der Waals surface area contributed by atoms with E-state index in [4.69, 9.17) is 0 Å². The molecule has 1 N–H and O–H groups in total. The fourth-order valence-electron chi connectivity index (χ4n) is 3.63. The van der Waals surface area contributed by atoms with Crippen LogP contribution in [0.5, 0.6) is 0 Å². The molecule has 132 valence electrons. The Hall–Kier alpha value is -3.08. The Labute approximate surface area is 152 Å². The number of aryl methyl sites for hydroxylation is 1. The van der Waals surface area contributed by atoms with Gasteiger partial charge in [-0.05, 0) is 31.2 Å². The molecule has 26 heavy (non-hydrogen) atoms. The molecule has 1 aliphatic heterocycles. The number of carboxylic acids is 1. The van der Waals surface area contributed by atoms with Gasteiger partial charge in [0.1, 0.15) is 0 Å². The summed E-state index contributed by atoms with van der Waals surface area (Å²) >= 11 is 0. The summed E-state index contributed by atoms with van der Waals surface area (Å²) in [6, 6.07) is 17.9. The number of anilines is 2. The Bertz CT molecular complexity index is 948. The van der Waals surface area contributed by atoms with Crippen molar-refractivity contribution in [1.82, 2.24) is 4.98 Å². The SMILES string of the molecule is Cc1cc(N2CCN(c3ccccc3)CC2)c2cccc(C(=O)O)c2n1. The van der Waals surface area contributed by atoms with Crippen LogP contribution in [0.2, 0.25) is 0 Å². The minimum atomic E-state index is -0.937. The number of rotatable bonds is 3. The molecular formula is C21H21N3O2. The van der Waals surface area contributed by atoms with Gasteiger partial charge in [-0.3, -0.25) is 4.98 Å². The van der Waals surface area contributed by atoms with Gasteiger partial charge in [-0.2, -0.15) is 0 Å². The molecule has 0 unspecified atom stereocenters. The lowest BCUT2D eigenvalue weighted by Gasteiger charge is -2.38. The molecule has 0 saturated carbocycles. The second kappa shape index (κ2) is 6.67. The molecule has 2 aromatic carbocycles. The van der Waals surface area contributed by atoms with Crippen LogP contribution in [0.25, 0.3) is 10.9 Å². The molecule has 1 fully saturated rings. The molecule has 0 spiro atoms. The Balaban J connectivity index is 1.66. The van der Waals surface area contributed by atoms with Gasteiger partial charge in [0, 0.05) is 48.6 Å². The topological polar surface area (TPSA) is 56.7 Å². The van der Waals surface area contributed by atoms with E-state index in [-0.39, 0.29) is 5.56 Å². The zero-order valence-electron chi connectivity index (χ0n) is 14.7. The molecule has 5 nitrogen and oxygen atoms in total. The van der Waals surface area contributed by atoms with E-state index in [2.05, 4.69) is 45.1 Å². The van der Waals surface area contributed by atoms with Crippen molar-refractivity contribution in [2.24, 2.45) is 0 Å². The van der Waals surface area contributed by atoms with E-state index < -0.39 is 5.97 Å². The third-order valence-electron chi connectivity index (χ3n) is 4.92. The third kappa shape index (κ3) is 2.96. The number of para-hydroxylation sites is 2. The number of nitrogens with zero attached hydrogens (tertiary/aromatic N) is 3. The molecule has 2 heterocycles. The van der Waals surface area contributed by atoms with E-state index in [1.165, 1.54) is 5.69 Å². The second-order valence-corrected chi connectivity index (χ2v) is 6.60. The van der Waals surface area contributed by atoms with Crippen molar-refractivity contribution in [3.05, 3.63) is 65.9 Å². The van der Waals surface area contributed by atoms with Crippen LogP contribution in [0.3, 0.4) is 0 Å². The Morgan fingerprint density at radius 2 is 1.65 bits per heavy atom. The highest BCUT2D eigenvalue weighted by molar-refractivity contribution is 6.05. The molecule has 3 aromatic rings. The molecule has 4 rings (SSSR count). The lowest BCUT2D eigenvalue weighted by Crippen LogP contribution is -2.46. The monoisotopic (exact) mass is 347 g/mol. The molecule has 5 heteroatoms. The van der Waals surface area contributed by atoms with E-state index in [1.54, 1.807) is 12.1 Å². The lowest BCUT2D eigenvalue weighted by molar-refractivity contribution is 0.0699. The average molecular weight is 347 g/mol. The number of fused-ring (bicyclic) bond motifs is 1. The summed E-state index contributed by atoms with van der Waals surface area (Å²) in [7, 11) is 0. The van der Waals surface area contributed by atoms with E-state index >= 15 is 0 Å². The van der Waals surface area contributed by atoms with Crippen molar-refractivity contribution in [2.75, 3.05) is 36.0 Å². The molecule has 0 atom stereocenters. The van der Waals surface area contributed by atoms with Crippen molar-refractivity contribution in [3.8, 4) is 0 Å². The first kappa shape index (κ1) is 16.4. The molecular weight excluding hydrogens is 326 g/mol. The van der Waals surface area contributed by atoms with Crippen LogP contribution in [0.1, 0.15) is 16.1 Å². The zero-order valence-corrected chi connectivity index (χ0v) is 14.7. The molecule has 0 aliphatic carbocycles. The van der Waals surface area contributed by atoms with Crippen LogP contribution in [0.15, 0.2) is 54.6 Å². The number of benzene rings is 2. The third-order valence-corrected chi connectivity index (χ3v) is 4.92. The zero-order chi connectivity index (χ0) is 18.1. The number of aromatic carboxylic acids is 1. The predicted octanol–water partition coefficient (Wildman–Crippen LogP) is 3.57. The van der Waals surface area contributed by atoms with Gasteiger partial charge in [-0.15, -0.1) is 0 Å². The van der Waals surface area contributed by atoms with Crippen LogP contribution in [0.4, 0.5) is 11.4 Å². The van der Waals surface area contributed by atoms with Gasteiger partial charge in [0.2, 0.25) is 0 Å². The van der Waals surface area contributed by atoms with Crippen molar-refractivity contribution in [3.63, 3.8) is 0 Å². The first-order valence-corrected chi connectivity index (χ1v) is 8.82. The van der Waals surface area contributed by atoms with Gasteiger partial charge < -0.3 is 14.9 Å². The molecule has 0 bridgehead atoms. The van der Waals surface area contributed by atoms with E-state index in [0.717, 1.165) is 42.9 Å². The Morgan fingerprint density at radius 1 is 0.962 bits per heavy atom. The first-order chi connectivity index (χ1) is 12.6. The van der Waals surface area contributed by atoms with Crippen molar-refractivity contribution < 1.29 is 9.90 Å². The summed E-state index contributed by atoms with van der Waals surface area (Å²) in [6.45, 7) is 5.58. The fraction of sp³-hybridized carbons (Fsp3) is 0.238. The van der Waals surface area contributed by atoms with Gasteiger partial charge in [0.15, 0.2) is 0 Å². The van der Waals surface area contributed by atoms with Crippen molar-refractivity contribution in [2.45, 2.75) is 6.92 Å². The van der Waals surface area contributed by atoms with Crippen LogP contribution in [-0.2, 0) is 0 Å². The maximum Gasteiger partial charge on any atom is 0.337 e. The number of pyridine rings is 1. The number of carboxylic acid groups (broad SMARTS) is 1. The Morgan fingerprint density at radius 3 is 2.35 bits per heavy atom. The standard InChI is InChI=1S/C21H21N3O2/c1-15-14-19(17-8-5-9-18(21(25)26)20(17)22-15)24-12-10-23(11-13-24)16-6-3-2-4-7-16/h2-9,14H,10-13H2,1H3,(H,25,26). The number of aromatic nitrogens is 1. The van der Waals surface area contributed by atoms with Gasteiger partial charge in [0.05, 0.1) is 11.1 Å². The van der Waals surface area contributed by atoms with E-state index in [1.807, 2.05) is 19.1 Å². The highest BCUT2D eigenvalue weighted by atomic mass is 16.4. The number of hydrogen-bond acceptors (Lipinski definition) is 4. The van der Waals surface area contributed by atoms with E-state index in [9.17, 15) is 9.90 Å². The highest BCUT2D eigenvalue weighted by Gasteiger charge is 2.21. The van der Waals surface area contributed by atoms with Gasteiger partial charge in [-0.1, -0.05) is 30.3 Å². The Kier molecular flexibility index (Phi) is 4.21. The van der Waals surface area contributed by atoms with Crippen LogP contribution in [-0.4, -0.2) is 42.2 Å². The van der Waals surface area contributed by atoms with Gasteiger partial charge in [-0.25, -0.2) is 4.79 Å². The van der Waals surface area contributed by atoms with E-state index in [0.29, 0.717) is 5.52 Å². The number of hydrogen-bond donors (Lipinski definition) is 1. The first-order valence-electron chi connectivity index (χ1n) is 8.82. The normalized spacial score (nSPS) is 14.7. The van der Waals surface area contributed by atoms with Crippen molar-refractivity contribution in [1.29, 1.82) is 0 Å². The van der Waals surface area contributed by atoms with Crippen LogP contribution < -0.4 is 9.80 Å². The summed E-state index contributed by atoms with van der Waals surface area (Å²) in [4.78, 5) is 20.8. The summed E-state index contributed by atoms with van der Waals surface area (Å²) < 4.78 is 0. The predicted molar refractivity (Wildman–Crippen MR) is 104 cm³/mol. The number of carbonyl (C=O) groups is 1. The summed E-state index contributed by atoms with van der Waals surface area (Å²) in [5.41, 5.74) is 3.99. The molecule has 0 radical (unpaired) electrons. The molecule has 1 aliphatic rings.